The Morgan fingerprint density at radius 3 is 2.95 bits per heavy atom. The van der Waals surface area contributed by atoms with Gasteiger partial charge >= 0.3 is 0 Å². The molecule has 0 saturated carbocycles. The quantitative estimate of drug-likeness (QED) is 0.854. The van der Waals surface area contributed by atoms with Crippen molar-refractivity contribution in [3.05, 3.63) is 37.5 Å². The monoisotopic (exact) mass is 306 g/mol. The SMILES string of the molecule is Cc1nc(C)c(C(=O)NCc2sccc2C#CCO)s1. The Kier molecular flexibility index (Phi) is 4.90. The molecule has 2 aromatic rings. The zero-order valence-corrected chi connectivity index (χ0v) is 12.8. The fraction of sp³-hybridized carbons (Fsp3) is 0.286. The topological polar surface area (TPSA) is 62.2 Å². The van der Waals surface area contributed by atoms with Gasteiger partial charge in [-0.1, -0.05) is 11.8 Å². The smallest absolute Gasteiger partial charge is 0.263 e. The number of hydrogen-bond donors (Lipinski definition) is 2. The molecule has 0 aliphatic carbocycles. The number of aliphatic hydroxyl groups is 1. The van der Waals surface area contributed by atoms with Gasteiger partial charge in [-0.25, -0.2) is 4.98 Å². The second-order valence-corrected chi connectivity index (χ2v) is 6.25. The van der Waals surface area contributed by atoms with Gasteiger partial charge in [-0.3, -0.25) is 4.79 Å². The number of hydrogen-bond acceptors (Lipinski definition) is 5. The molecule has 0 radical (unpaired) electrons. The maximum absolute atomic E-state index is 12.1. The van der Waals surface area contributed by atoms with E-state index in [1.807, 2.05) is 25.3 Å². The fourth-order valence-corrected chi connectivity index (χ4v) is 3.31. The first-order valence-electron chi connectivity index (χ1n) is 6.00. The molecule has 0 atom stereocenters. The van der Waals surface area contributed by atoms with E-state index in [1.165, 1.54) is 22.7 Å². The number of rotatable bonds is 3. The number of aromatic nitrogens is 1. The minimum Gasteiger partial charge on any atom is -0.384 e. The fourth-order valence-electron chi connectivity index (χ4n) is 1.71. The third kappa shape index (κ3) is 3.45. The molecule has 0 aromatic carbocycles. The standard InChI is InChI=1S/C14H14N2O2S2/c1-9-13(20-10(2)16-9)14(18)15-8-12-11(4-3-6-17)5-7-19-12/h5,7,17H,6,8H2,1-2H3,(H,15,18). The van der Waals surface area contributed by atoms with Crippen molar-refractivity contribution in [2.24, 2.45) is 0 Å². The van der Waals surface area contributed by atoms with Crippen LogP contribution < -0.4 is 5.32 Å². The highest BCUT2D eigenvalue weighted by Crippen LogP contribution is 2.18. The molecule has 104 valence electrons. The van der Waals surface area contributed by atoms with Gasteiger partial charge in [0, 0.05) is 10.4 Å². The minimum atomic E-state index is -0.166. The summed E-state index contributed by atoms with van der Waals surface area (Å²) in [6.45, 7) is 3.99. The average Bonchev–Trinajstić information content (AvgIpc) is 2.99. The Balaban J connectivity index is 2.04. The number of nitrogens with zero attached hydrogens (tertiary/aromatic N) is 1. The number of amides is 1. The van der Waals surface area contributed by atoms with Crippen LogP contribution in [0.5, 0.6) is 0 Å². The van der Waals surface area contributed by atoms with Gasteiger partial charge in [0.1, 0.15) is 11.5 Å². The number of thiazole rings is 1. The number of carbonyl (C=O) groups excluding carboxylic acids is 1. The number of carbonyl (C=O) groups is 1. The summed E-state index contributed by atoms with van der Waals surface area (Å²) in [4.78, 5) is 18.0. The summed E-state index contributed by atoms with van der Waals surface area (Å²) < 4.78 is 0. The molecule has 0 fully saturated rings. The van der Waals surface area contributed by atoms with Gasteiger partial charge in [0.05, 0.1) is 17.2 Å². The second kappa shape index (κ2) is 6.66. The first kappa shape index (κ1) is 14.7. The van der Waals surface area contributed by atoms with E-state index in [-0.39, 0.29) is 12.5 Å². The summed E-state index contributed by atoms with van der Waals surface area (Å²) in [7, 11) is 0. The summed E-state index contributed by atoms with van der Waals surface area (Å²) in [5.74, 6) is 5.38. The van der Waals surface area contributed by atoms with Gasteiger partial charge in [-0.05, 0) is 25.3 Å². The Hall–Kier alpha value is -1.68. The maximum atomic E-state index is 12.1. The maximum Gasteiger partial charge on any atom is 0.263 e. The van der Waals surface area contributed by atoms with E-state index in [4.69, 9.17) is 5.11 Å². The normalized spacial score (nSPS) is 9.95. The second-order valence-electron chi connectivity index (χ2n) is 4.05. The third-order valence-corrected chi connectivity index (χ3v) is 4.56. The van der Waals surface area contributed by atoms with Crippen molar-refractivity contribution >= 4 is 28.6 Å². The van der Waals surface area contributed by atoms with E-state index in [9.17, 15) is 4.79 Å². The molecule has 2 heterocycles. The van der Waals surface area contributed by atoms with Crippen molar-refractivity contribution in [2.45, 2.75) is 20.4 Å². The highest BCUT2D eigenvalue weighted by Gasteiger charge is 2.14. The number of aliphatic hydroxyl groups excluding tert-OH is 1. The Labute approximate surface area is 125 Å². The van der Waals surface area contributed by atoms with E-state index < -0.39 is 0 Å². The van der Waals surface area contributed by atoms with Crippen LogP contribution in [-0.2, 0) is 6.54 Å². The van der Waals surface area contributed by atoms with Gasteiger partial charge in [0.25, 0.3) is 5.91 Å². The number of nitrogens with one attached hydrogen (secondary N) is 1. The van der Waals surface area contributed by atoms with E-state index in [0.717, 1.165) is 21.1 Å². The molecule has 0 aliphatic rings. The molecule has 0 bridgehead atoms. The summed E-state index contributed by atoms with van der Waals surface area (Å²) >= 11 is 2.93. The molecule has 2 aromatic heterocycles. The molecule has 4 nitrogen and oxygen atoms in total. The molecule has 20 heavy (non-hydrogen) atoms. The first-order valence-corrected chi connectivity index (χ1v) is 7.69. The lowest BCUT2D eigenvalue weighted by Crippen LogP contribution is -2.22. The average molecular weight is 306 g/mol. The largest absolute Gasteiger partial charge is 0.384 e. The molecule has 1 amide bonds. The van der Waals surface area contributed by atoms with Crippen molar-refractivity contribution in [1.29, 1.82) is 0 Å². The Morgan fingerprint density at radius 1 is 1.50 bits per heavy atom. The summed E-state index contributed by atoms with van der Waals surface area (Å²) in [6.07, 6.45) is 0. The van der Waals surface area contributed by atoms with Crippen LogP contribution in [0.2, 0.25) is 0 Å². The molecule has 2 N–H and O–H groups in total. The Morgan fingerprint density at radius 2 is 2.30 bits per heavy atom. The lowest BCUT2D eigenvalue weighted by atomic mass is 10.2. The summed E-state index contributed by atoms with van der Waals surface area (Å²) in [5, 5.41) is 14.4. The Bertz CT molecular complexity index is 677. The van der Waals surface area contributed by atoms with Crippen molar-refractivity contribution in [3.8, 4) is 11.8 Å². The molecule has 0 saturated heterocycles. The summed E-state index contributed by atoms with van der Waals surface area (Å²) in [5.41, 5.74) is 1.61. The number of aryl methyl sites for hydroxylation is 2. The van der Waals surface area contributed by atoms with Crippen LogP contribution in [-0.4, -0.2) is 22.6 Å². The van der Waals surface area contributed by atoms with Crippen LogP contribution in [0.4, 0.5) is 0 Å². The van der Waals surface area contributed by atoms with Crippen LogP contribution in [0.1, 0.15) is 30.8 Å². The first-order chi connectivity index (χ1) is 9.61. The van der Waals surface area contributed by atoms with E-state index in [0.29, 0.717) is 11.4 Å². The van der Waals surface area contributed by atoms with E-state index >= 15 is 0 Å². The van der Waals surface area contributed by atoms with Crippen LogP contribution in [0.25, 0.3) is 0 Å². The van der Waals surface area contributed by atoms with Gasteiger partial charge < -0.3 is 10.4 Å². The van der Waals surface area contributed by atoms with E-state index in [2.05, 4.69) is 22.1 Å². The molecular formula is C14H14N2O2S2. The highest BCUT2D eigenvalue weighted by molar-refractivity contribution is 7.13. The zero-order chi connectivity index (χ0) is 14.5. The molecule has 0 spiro atoms. The number of thiophene rings is 1. The van der Waals surface area contributed by atoms with Crippen molar-refractivity contribution in [2.75, 3.05) is 6.61 Å². The van der Waals surface area contributed by atoms with Crippen LogP contribution >= 0.6 is 22.7 Å². The van der Waals surface area contributed by atoms with Gasteiger partial charge in [0.15, 0.2) is 0 Å². The van der Waals surface area contributed by atoms with E-state index in [1.54, 1.807) is 0 Å². The van der Waals surface area contributed by atoms with Crippen molar-refractivity contribution in [3.63, 3.8) is 0 Å². The predicted molar refractivity (Wildman–Crippen MR) is 81.0 cm³/mol. The lowest BCUT2D eigenvalue weighted by molar-refractivity contribution is 0.0954. The molecular weight excluding hydrogens is 292 g/mol. The van der Waals surface area contributed by atoms with Crippen molar-refractivity contribution in [1.82, 2.24) is 10.3 Å². The third-order valence-electron chi connectivity index (χ3n) is 2.57. The van der Waals surface area contributed by atoms with Crippen LogP contribution in [0, 0.1) is 25.7 Å². The van der Waals surface area contributed by atoms with Crippen LogP contribution in [0.15, 0.2) is 11.4 Å². The zero-order valence-electron chi connectivity index (χ0n) is 11.2. The summed E-state index contributed by atoms with van der Waals surface area (Å²) in [6, 6.07) is 1.89. The molecule has 2 rings (SSSR count). The van der Waals surface area contributed by atoms with Crippen molar-refractivity contribution < 1.29 is 9.90 Å². The van der Waals surface area contributed by atoms with Crippen LogP contribution in [0.3, 0.4) is 0 Å². The highest BCUT2D eigenvalue weighted by atomic mass is 32.1. The minimum absolute atomic E-state index is 0.109. The predicted octanol–water partition coefficient (Wildman–Crippen LogP) is 2.10. The van der Waals surface area contributed by atoms with Gasteiger partial charge in [-0.2, -0.15) is 0 Å². The lowest BCUT2D eigenvalue weighted by Gasteiger charge is -2.03. The molecule has 0 unspecified atom stereocenters. The van der Waals surface area contributed by atoms with Gasteiger partial charge in [0.2, 0.25) is 0 Å². The molecule has 6 heteroatoms. The van der Waals surface area contributed by atoms with Gasteiger partial charge in [-0.15, -0.1) is 22.7 Å². The molecule has 0 aliphatic heterocycles.